The number of carbonyl (C=O) groups is 3. The summed E-state index contributed by atoms with van der Waals surface area (Å²) in [4.78, 5) is 44.9. The third-order valence-corrected chi connectivity index (χ3v) is 9.68. The van der Waals surface area contributed by atoms with Gasteiger partial charge in [-0.2, -0.15) is 4.33 Å². The smallest absolute Gasteiger partial charge is 0.308 e. The minimum absolute atomic E-state index is 0.0160. The lowest BCUT2D eigenvalue weighted by molar-refractivity contribution is -0.160. The van der Waals surface area contributed by atoms with Crippen molar-refractivity contribution in [3.8, 4) is 0 Å². The van der Waals surface area contributed by atoms with Gasteiger partial charge in [-0.25, -0.2) is 9.28 Å². The number of rotatable bonds is 11. The van der Waals surface area contributed by atoms with Crippen molar-refractivity contribution < 1.29 is 37.5 Å². The normalized spacial score (nSPS) is 21.7. The second-order valence-corrected chi connectivity index (χ2v) is 12.8. The van der Waals surface area contributed by atoms with Crippen LogP contribution in [0.15, 0.2) is 42.6 Å². The van der Waals surface area contributed by atoms with Gasteiger partial charge in [-0.3, -0.25) is 14.4 Å². The molecular formula is C32H37ClFN3O7S. The first-order chi connectivity index (χ1) is 21.7. The predicted molar refractivity (Wildman–Crippen MR) is 169 cm³/mol. The van der Waals surface area contributed by atoms with Crippen LogP contribution in [-0.4, -0.2) is 72.0 Å². The predicted octanol–water partition coefficient (Wildman–Crippen LogP) is 5.71. The van der Waals surface area contributed by atoms with Gasteiger partial charge < -0.3 is 24.3 Å². The standard InChI is InChI=1S/C32H37ClFN3O7S/c1-36-17-25(24-6-4-5-7-29(24)36)31(39)35-28-15-27(34)20(12-26(28)33)13-30(38)37-16-23(45-44-42-3)14-21(37)18-43-22-10-8-19(9-11-22)32(40)41-2/h4-7,12,15,17,19,21-23H,8-11,13-14,16,18H2,1-3H3,(H,35,39)/t19-,21-,22-,23-/m0/s1. The summed E-state index contributed by atoms with van der Waals surface area (Å²) in [5.74, 6) is -1.64. The van der Waals surface area contributed by atoms with E-state index in [1.165, 1.54) is 20.3 Å². The van der Waals surface area contributed by atoms with Crippen LogP contribution in [0, 0.1) is 11.7 Å². The number of fused-ring (bicyclic) bond motifs is 1. The molecule has 0 bridgehead atoms. The van der Waals surface area contributed by atoms with Crippen molar-refractivity contribution in [1.82, 2.24) is 9.47 Å². The summed E-state index contributed by atoms with van der Waals surface area (Å²) < 4.78 is 33.3. The number of aromatic nitrogens is 1. The molecule has 2 aliphatic rings. The van der Waals surface area contributed by atoms with E-state index in [1.807, 2.05) is 35.9 Å². The Morgan fingerprint density at radius 2 is 1.87 bits per heavy atom. The van der Waals surface area contributed by atoms with Crippen LogP contribution in [0.25, 0.3) is 10.9 Å². The molecule has 5 rings (SSSR count). The van der Waals surface area contributed by atoms with Gasteiger partial charge in [-0.1, -0.05) is 29.8 Å². The Bertz CT molecular complexity index is 1540. The summed E-state index contributed by atoms with van der Waals surface area (Å²) in [6.45, 7) is 0.691. The van der Waals surface area contributed by atoms with Gasteiger partial charge >= 0.3 is 5.97 Å². The van der Waals surface area contributed by atoms with Crippen LogP contribution < -0.4 is 5.32 Å². The quantitative estimate of drug-likeness (QED) is 0.121. The van der Waals surface area contributed by atoms with E-state index in [2.05, 4.69) is 5.32 Å². The van der Waals surface area contributed by atoms with Gasteiger partial charge in [0.25, 0.3) is 5.91 Å². The van der Waals surface area contributed by atoms with Gasteiger partial charge in [0.05, 0.1) is 66.8 Å². The first kappa shape index (κ1) is 33.2. The molecule has 0 unspecified atom stereocenters. The number of benzene rings is 2. The summed E-state index contributed by atoms with van der Waals surface area (Å²) >= 11 is 7.63. The third-order valence-electron chi connectivity index (χ3n) is 8.54. The molecule has 2 amide bonds. The van der Waals surface area contributed by atoms with Crippen molar-refractivity contribution in [3.05, 3.63) is 64.6 Å². The van der Waals surface area contributed by atoms with Crippen LogP contribution in [0.1, 0.15) is 48.0 Å². The molecule has 2 fully saturated rings. The van der Waals surface area contributed by atoms with Crippen LogP contribution in [0.4, 0.5) is 10.1 Å². The molecule has 45 heavy (non-hydrogen) atoms. The number of nitrogens with one attached hydrogen (secondary N) is 1. The van der Waals surface area contributed by atoms with Crippen molar-refractivity contribution in [2.45, 2.75) is 55.9 Å². The Morgan fingerprint density at radius 3 is 2.60 bits per heavy atom. The number of ether oxygens (including phenoxy) is 2. The van der Waals surface area contributed by atoms with Crippen molar-refractivity contribution in [3.63, 3.8) is 0 Å². The molecule has 242 valence electrons. The van der Waals surface area contributed by atoms with E-state index in [1.54, 1.807) is 11.1 Å². The summed E-state index contributed by atoms with van der Waals surface area (Å²) in [5.41, 5.74) is 1.57. The number of likely N-dealkylation sites (tertiary alicyclic amines) is 1. The van der Waals surface area contributed by atoms with Crippen molar-refractivity contribution in [1.29, 1.82) is 0 Å². The van der Waals surface area contributed by atoms with Crippen molar-refractivity contribution in [2.75, 3.05) is 32.7 Å². The summed E-state index contributed by atoms with van der Waals surface area (Å²) in [6, 6.07) is 9.77. The molecule has 2 aromatic carbocycles. The summed E-state index contributed by atoms with van der Waals surface area (Å²) in [6.07, 6.45) is 4.96. The Balaban J connectivity index is 1.23. The van der Waals surface area contributed by atoms with Crippen LogP contribution in [-0.2, 0) is 41.8 Å². The number of hydrogen-bond acceptors (Lipinski definition) is 8. The number of carbonyl (C=O) groups excluding carboxylic acids is 3. The Labute approximate surface area is 270 Å². The van der Waals surface area contributed by atoms with E-state index in [9.17, 15) is 14.4 Å². The van der Waals surface area contributed by atoms with Crippen molar-refractivity contribution >= 4 is 58.0 Å². The van der Waals surface area contributed by atoms with Crippen LogP contribution in [0.2, 0.25) is 5.02 Å². The molecule has 1 N–H and O–H groups in total. The molecule has 1 aliphatic carbocycles. The molecule has 1 aliphatic heterocycles. The molecule has 3 aromatic rings. The number of amides is 2. The zero-order valence-corrected chi connectivity index (χ0v) is 27.0. The van der Waals surface area contributed by atoms with Gasteiger partial charge in [0, 0.05) is 42.7 Å². The van der Waals surface area contributed by atoms with Gasteiger partial charge in [-0.15, -0.1) is 0 Å². The molecule has 1 saturated heterocycles. The SMILES string of the molecule is COOS[C@H]1C[C@@H](CO[C@H]2CC[C@H](C(=O)OC)CC2)N(C(=O)Cc2cc(Cl)c(NC(=O)c3cn(C)c4ccccc34)cc2F)C1. The second kappa shape index (κ2) is 15.0. The number of methoxy groups -OCH3 is 1. The fraction of sp³-hybridized carbons (Fsp3) is 0.469. The molecular weight excluding hydrogens is 625 g/mol. The first-order valence-corrected chi connectivity index (χ1v) is 16.0. The Morgan fingerprint density at radius 1 is 1.11 bits per heavy atom. The highest BCUT2D eigenvalue weighted by molar-refractivity contribution is 7.95. The zero-order chi connectivity index (χ0) is 32.1. The maximum absolute atomic E-state index is 15.3. The van der Waals surface area contributed by atoms with E-state index in [4.69, 9.17) is 30.3 Å². The molecule has 10 nitrogen and oxygen atoms in total. The molecule has 0 spiro atoms. The van der Waals surface area contributed by atoms with Crippen LogP contribution >= 0.6 is 23.6 Å². The van der Waals surface area contributed by atoms with E-state index in [0.717, 1.165) is 41.9 Å². The average molecular weight is 662 g/mol. The number of hydrogen-bond donors (Lipinski definition) is 1. The van der Waals surface area contributed by atoms with Gasteiger partial charge in [-0.05, 0) is 55.9 Å². The number of anilines is 1. The fourth-order valence-electron chi connectivity index (χ4n) is 6.18. The first-order valence-electron chi connectivity index (χ1n) is 14.9. The number of para-hydroxylation sites is 1. The molecule has 1 aromatic heterocycles. The highest BCUT2D eigenvalue weighted by Crippen LogP contribution is 2.33. The molecule has 2 heterocycles. The minimum atomic E-state index is -0.649. The lowest BCUT2D eigenvalue weighted by atomic mass is 9.87. The number of aryl methyl sites for hydroxylation is 1. The second-order valence-electron chi connectivity index (χ2n) is 11.4. The molecule has 13 heteroatoms. The van der Waals surface area contributed by atoms with Crippen molar-refractivity contribution in [2.24, 2.45) is 13.0 Å². The summed E-state index contributed by atoms with van der Waals surface area (Å²) in [7, 11) is 4.66. The van der Waals surface area contributed by atoms with E-state index in [-0.39, 0.29) is 57.9 Å². The fourth-order valence-corrected chi connectivity index (χ4v) is 7.12. The van der Waals surface area contributed by atoms with Gasteiger partial charge in [0.15, 0.2) is 0 Å². The van der Waals surface area contributed by atoms with Crippen LogP contribution in [0.5, 0.6) is 0 Å². The van der Waals surface area contributed by atoms with E-state index in [0.29, 0.717) is 38.0 Å². The third kappa shape index (κ3) is 7.81. The number of esters is 1. The summed E-state index contributed by atoms with van der Waals surface area (Å²) in [5, 5.41) is 3.54. The maximum Gasteiger partial charge on any atom is 0.308 e. The maximum atomic E-state index is 15.3. The minimum Gasteiger partial charge on any atom is -0.469 e. The highest BCUT2D eigenvalue weighted by atomic mass is 35.5. The molecule has 0 radical (unpaired) electrons. The monoisotopic (exact) mass is 661 g/mol. The Kier molecular flexibility index (Phi) is 11.0. The van der Waals surface area contributed by atoms with Crippen LogP contribution in [0.3, 0.4) is 0 Å². The largest absolute Gasteiger partial charge is 0.469 e. The van der Waals surface area contributed by atoms with Gasteiger partial charge in [0.1, 0.15) is 5.82 Å². The lowest BCUT2D eigenvalue weighted by Crippen LogP contribution is -2.40. The molecule has 2 atom stereocenters. The van der Waals surface area contributed by atoms with E-state index < -0.39 is 11.7 Å². The topological polar surface area (TPSA) is 108 Å². The lowest BCUT2D eigenvalue weighted by Gasteiger charge is -2.30. The van der Waals surface area contributed by atoms with Gasteiger partial charge in [0.2, 0.25) is 5.91 Å². The number of nitrogens with zero attached hydrogens (tertiary/aromatic N) is 2. The Hall–Kier alpha value is -3.16. The zero-order valence-electron chi connectivity index (χ0n) is 25.4. The average Bonchev–Trinajstić information content (AvgIpc) is 3.62. The van der Waals surface area contributed by atoms with E-state index >= 15 is 4.39 Å². The number of halogens is 2. The molecule has 1 saturated carbocycles. The highest BCUT2D eigenvalue weighted by Gasteiger charge is 2.37.